The molecule has 1 aromatic rings. The van der Waals surface area contributed by atoms with E-state index in [1.54, 1.807) is 0 Å². The predicted octanol–water partition coefficient (Wildman–Crippen LogP) is 2.14. The van der Waals surface area contributed by atoms with Gasteiger partial charge in [-0.1, -0.05) is 18.2 Å². The Bertz CT molecular complexity index is 450. The van der Waals surface area contributed by atoms with E-state index < -0.39 is 0 Å². The fourth-order valence-corrected chi connectivity index (χ4v) is 2.47. The average Bonchev–Trinajstić information content (AvgIpc) is 3.04. The molecule has 4 heteroatoms. The second-order valence-electron chi connectivity index (χ2n) is 5.82. The lowest BCUT2D eigenvalue weighted by Crippen LogP contribution is -2.39. The lowest BCUT2D eigenvalue weighted by Gasteiger charge is -2.18. The molecule has 2 aliphatic rings. The van der Waals surface area contributed by atoms with Crippen LogP contribution >= 0.6 is 0 Å². The van der Waals surface area contributed by atoms with Crippen LogP contribution in [0.2, 0.25) is 0 Å². The minimum Gasteiger partial charge on any atom is -0.493 e. The Morgan fingerprint density at radius 2 is 2.15 bits per heavy atom. The van der Waals surface area contributed by atoms with Crippen molar-refractivity contribution in [1.82, 2.24) is 5.32 Å². The molecule has 1 amide bonds. The number of hydrogen-bond acceptors (Lipinski definition) is 3. The molecule has 1 aliphatic carbocycles. The summed E-state index contributed by atoms with van der Waals surface area (Å²) in [4.78, 5) is 11.9. The van der Waals surface area contributed by atoms with Gasteiger partial charge in [0.1, 0.15) is 11.9 Å². The summed E-state index contributed by atoms with van der Waals surface area (Å²) in [6.07, 6.45) is 3.83. The minimum atomic E-state index is -0.235. The lowest BCUT2D eigenvalue weighted by molar-refractivity contribution is -0.130. The van der Waals surface area contributed by atoms with Crippen molar-refractivity contribution in [3.8, 4) is 5.75 Å². The van der Waals surface area contributed by atoms with E-state index in [0.717, 1.165) is 31.4 Å². The van der Waals surface area contributed by atoms with Gasteiger partial charge in [-0.15, -0.1) is 0 Å². The molecular weight excluding hydrogens is 254 g/mol. The summed E-state index contributed by atoms with van der Waals surface area (Å²) in [7, 11) is 0. The number of rotatable bonds is 6. The average molecular weight is 275 g/mol. The van der Waals surface area contributed by atoms with Crippen LogP contribution in [0.5, 0.6) is 5.75 Å². The first-order valence-electron chi connectivity index (χ1n) is 7.35. The maximum atomic E-state index is 11.9. The highest BCUT2D eigenvalue weighted by atomic mass is 16.5. The Morgan fingerprint density at radius 1 is 1.35 bits per heavy atom. The van der Waals surface area contributed by atoms with Crippen LogP contribution in [-0.2, 0) is 9.53 Å². The first-order valence-corrected chi connectivity index (χ1v) is 7.35. The summed E-state index contributed by atoms with van der Waals surface area (Å²) in [6, 6.07) is 9.83. The fraction of sp³-hybridized carbons (Fsp3) is 0.562. The highest BCUT2D eigenvalue weighted by Crippen LogP contribution is 2.45. The summed E-state index contributed by atoms with van der Waals surface area (Å²) < 4.78 is 11.2. The highest BCUT2D eigenvalue weighted by Gasteiger charge is 2.44. The van der Waals surface area contributed by atoms with Gasteiger partial charge in [0.25, 0.3) is 0 Å². The molecule has 1 heterocycles. The molecule has 108 valence electrons. The second-order valence-corrected chi connectivity index (χ2v) is 5.82. The van der Waals surface area contributed by atoms with Crippen LogP contribution in [0.15, 0.2) is 30.3 Å². The van der Waals surface area contributed by atoms with Crippen molar-refractivity contribution in [2.45, 2.75) is 31.8 Å². The van der Waals surface area contributed by atoms with Gasteiger partial charge in [0, 0.05) is 18.6 Å². The monoisotopic (exact) mass is 275 g/mol. The van der Waals surface area contributed by atoms with E-state index in [9.17, 15) is 4.79 Å². The van der Waals surface area contributed by atoms with Crippen LogP contribution in [0.4, 0.5) is 0 Å². The first-order chi connectivity index (χ1) is 9.77. The third-order valence-electron chi connectivity index (χ3n) is 4.11. The summed E-state index contributed by atoms with van der Waals surface area (Å²) >= 11 is 0. The molecular formula is C16H21NO3. The van der Waals surface area contributed by atoms with E-state index in [4.69, 9.17) is 9.47 Å². The van der Waals surface area contributed by atoms with Gasteiger partial charge in [0.2, 0.25) is 5.91 Å². The van der Waals surface area contributed by atoms with Gasteiger partial charge in [0.05, 0.1) is 6.61 Å². The van der Waals surface area contributed by atoms with Crippen LogP contribution in [0, 0.1) is 5.41 Å². The molecule has 0 spiro atoms. The van der Waals surface area contributed by atoms with E-state index in [1.165, 1.54) is 0 Å². The summed E-state index contributed by atoms with van der Waals surface area (Å²) in [6.45, 7) is 2.07. The SMILES string of the molecule is O=C(NCC1(COc2ccccc2)CC1)C1CCCO1. The first kappa shape index (κ1) is 13.4. The number of nitrogens with one attached hydrogen (secondary N) is 1. The molecule has 3 rings (SSSR count). The smallest absolute Gasteiger partial charge is 0.249 e. The van der Waals surface area contributed by atoms with E-state index >= 15 is 0 Å². The number of carbonyl (C=O) groups is 1. The number of benzene rings is 1. The number of para-hydroxylation sites is 1. The molecule has 1 unspecified atom stereocenters. The van der Waals surface area contributed by atoms with Crippen molar-refractivity contribution in [3.63, 3.8) is 0 Å². The summed E-state index contributed by atoms with van der Waals surface area (Å²) in [5.74, 6) is 0.928. The molecule has 1 N–H and O–H groups in total. The Hall–Kier alpha value is -1.55. The summed E-state index contributed by atoms with van der Waals surface area (Å²) in [5, 5.41) is 3.02. The Morgan fingerprint density at radius 3 is 2.80 bits per heavy atom. The van der Waals surface area contributed by atoms with E-state index in [-0.39, 0.29) is 17.4 Å². The third-order valence-corrected chi connectivity index (χ3v) is 4.11. The molecule has 0 aromatic heterocycles. The van der Waals surface area contributed by atoms with Gasteiger partial charge in [0.15, 0.2) is 0 Å². The van der Waals surface area contributed by atoms with Crippen molar-refractivity contribution < 1.29 is 14.3 Å². The van der Waals surface area contributed by atoms with Gasteiger partial charge in [-0.05, 0) is 37.8 Å². The van der Waals surface area contributed by atoms with Gasteiger partial charge in [-0.25, -0.2) is 0 Å². The Balaban J connectivity index is 1.43. The molecule has 1 aliphatic heterocycles. The van der Waals surface area contributed by atoms with Crippen LogP contribution in [0.25, 0.3) is 0 Å². The van der Waals surface area contributed by atoms with Crippen molar-refractivity contribution in [1.29, 1.82) is 0 Å². The molecule has 4 nitrogen and oxygen atoms in total. The summed E-state index contributed by atoms with van der Waals surface area (Å²) in [5.41, 5.74) is 0.129. The van der Waals surface area contributed by atoms with Crippen molar-refractivity contribution >= 4 is 5.91 Å². The van der Waals surface area contributed by atoms with E-state index in [0.29, 0.717) is 19.8 Å². The quantitative estimate of drug-likeness (QED) is 0.865. The zero-order chi connectivity index (χ0) is 13.8. The zero-order valence-electron chi connectivity index (χ0n) is 11.6. The maximum Gasteiger partial charge on any atom is 0.249 e. The normalized spacial score (nSPS) is 23.3. The molecule has 0 radical (unpaired) electrons. The largest absolute Gasteiger partial charge is 0.493 e. The minimum absolute atomic E-state index is 0.0356. The number of carbonyl (C=O) groups excluding carboxylic acids is 1. The maximum absolute atomic E-state index is 11.9. The molecule has 1 aromatic carbocycles. The Kier molecular flexibility index (Phi) is 3.92. The fourth-order valence-electron chi connectivity index (χ4n) is 2.47. The van der Waals surface area contributed by atoms with E-state index in [2.05, 4.69) is 5.32 Å². The third kappa shape index (κ3) is 3.31. The van der Waals surface area contributed by atoms with Crippen LogP contribution in [-0.4, -0.2) is 31.8 Å². The molecule has 1 saturated carbocycles. The highest BCUT2D eigenvalue weighted by molar-refractivity contribution is 5.81. The molecule has 0 bridgehead atoms. The number of hydrogen-bond donors (Lipinski definition) is 1. The standard InChI is InChI=1S/C16H21NO3/c18-15(14-7-4-10-19-14)17-11-16(8-9-16)12-20-13-5-2-1-3-6-13/h1-3,5-6,14H,4,7-12H2,(H,17,18). The van der Waals surface area contributed by atoms with Gasteiger partial charge in [-0.3, -0.25) is 4.79 Å². The van der Waals surface area contributed by atoms with Gasteiger partial charge in [-0.2, -0.15) is 0 Å². The molecule has 20 heavy (non-hydrogen) atoms. The molecule has 1 atom stereocenters. The molecule has 1 saturated heterocycles. The van der Waals surface area contributed by atoms with E-state index in [1.807, 2.05) is 30.3 Å². The molecule has 2 fully saturated rings. The van der Waals surface area contributed by atoms with Crippen LogP contribution < -0.4 is 10.1 Å². The van der Waals surface area contributed by atoms with Crippen LogP contribution in [0.1, 0.15) is 25.7 Å². The number of amides is 1. The predicted molar refractivity (Wildman–Crippen MR) is 75.6 cm³/mol. The Labute approximate surface area is 119 Å². The van der Waals surface area contributed by atoms with Crippen LogP contribution in [0.3, 0.4) is 0 Å². The van der Waals surface area contributed by atoms with Gasteiger partial charge >= 0.3 is 0 Å². The lowest BCUT2D eigenvalue weighted by atomic mass is 10.1. The van der Waals surface area contributed by atoms with Crippen molar-refractivity contribution in [3.05, 3.63) is 30.3 Å². The topological polar surface area (TPSA) is 47.6 Å². The second kappa shape index (κ2) is 5.83. The van der Waals surface area contributed by atoms with Gasteiger partial charge < -0.3 is 14.8 Å². The zero-order valence-corrected chi connectivity index (χ0v) is 11.6. The van der Waals surface area contributed by atoms with Crippen molar-refractivity contribution in [2.24, 2.45) is 5.41 Å². The van der Waals surface area contributed by atoms with Crippen molar-refractivity contribution in [2.75, 3.05) is 19.8 Å². The number of ether oxygens (including phenoxy) is 2.